The number of benzene rings is 1. The van der Waals surface area contributed by atoms with Crippen LogP contribution in [0.3, 0.4) is 0 Å². The molecule has 110 valence electrons. The second-order valence-corrected chi connectivity index (χ2v) is 6.04. The maximum absolute atomic E-state index is 13.6. The Morgan fingerprint density at radius 3 is 2.70 bits per heavy atom. The predicted molar refractivity (Wildman–Crippen MR) is 75.6 cm³/mol. The Bertz CT molecular complexity index is 487. The van der Waals surface area contributed by atoms with Crippen molar-refractivity contribution in [1.29, 1.82) is 0 Å². The molecule has 2 rings (SSSR count). The minimum absolute atomic E-state index is 0.0597. The van der Waals surface area contributed by atoms with E-state index >= 15 is 0 Å². The first-order valence-electron chi connectivity index (χ1n) is 7.12. The Kier molecular flexibility index (Phi) is 4.43. The highest BCUT2D eigenvalue weighted by Crippen LogP contribution is 2.39. The first-order valence-corrected chi connectivity index (χ1v) is 7.12. The summed E-state index contributed by atoms with van der Waals surface area (Å²) < 4.78 is 13.6. The van der Waals surface area contributed by atoms with Crippen LogP contribution in [-0.2, 0) is 11.2 Å². The van der Waals surface area contributed by atoms with Crippen molar-refractivity contribution < 1.29 is 14.3 Å². The third kappa shape index (κ3) is 3.37. The number of amides is 1. The second-order valence-electron chi connectivity index (χ2n) is 6.04. The number of aliphatic hydroxyl groups excluding tert-OH is 1. The number of carbonyl (C=O) groups is 1. The normalized spacial score (nSPS) is 19.2. The van der Waals surface area contributed by atoms with E-state index in [0.29, 0.717) is 17.9 Å². The molecule has 1 saturated carbocycles. The zero-order valence-corrected chi connectivity index (χ0v) is 12.0. The highest BCUT2D eigenvalue weighted by molar-refractivity contribution is 5.79. The molecule has 2 atom stereocenters. The SMILES string of the molecule is CC(Cc1ccccc1F)C(=O)NC(C)(CO)C1CC1. The van der Waals surface area contributed by atoms with Crippen molar-refractivity contribution >= 4 is 5.91 Å². The van der Waals surface area contributed by atoms with Gasteiger partial charge in [0.15, 0.2) is 0 Å². The minimum Gasteiger partial charge on any atom is -0.394 e. The molecule has 2 N–H and O–H groups in total. The lowest BCUT2D eigenvalue weighted by Gasteiger charge is -2.30. The van der Waals surface area contributed by atoms with E-state index in [1.807, 2.05) is 6.92 Å². The Morgan fingerprint density at radius 1 is 1.50 bits per heavy atom. The van der Waals surface area contributed by atoms with Gasteiger partial charge in [-0.1, -0.05) is 25.1 Å². The summed E-state index contributed by atoms with van der Waals surface area (Å²) in [6, 6.07) is 6.51. The van der Waals surface area contributed by atoms with Gasteiger partial charge < -0.3 is 10.4 Å². The van der Waals surface area contributed by atoms with Gasteiger partial charge in [0.2, 0.25) is 5.91 Å². The molecule has 4 heteroatoms. The molecular weight excluding hydrogens is 257 g/mol. The topological polar surface area (TPSA) is 49.3 Å². The third-order valence-corrected chi connectivity index (χ3v) is 4.15. The predicted octanol–water partition coefficient (Wildman–Crippen LogP) is 2.28. The Hall–Kier alpha value is -1.42. The molecule has 0 aliphatic heterocycles. The average molecular weight is 279 g/mol. The molecule has 0 radical (unpaired) electrons. The summed E-state index contributed by atoms with van der Waals surface area (Å²) in [4.78, 5) is 12.2. The highest BCUT2D eigenvalue weighted by atomic mass is 19.1. The van der Waals surface area contributed by atoms with Crippen molar-refractivity contribution in [2.45, 2.75) is 38.6 Å². The molecule has 2 unspecified atom stereocenters. The lowest BCUT2D eigenvalue weighted by Crippen LogP contribution is -2.52. The van der Waals surface area contributed by atoms with Crippen LogP contribution < -0.4 is 5.32 Å². The van der Waals surface area contributed by atoms with Crippen LogP contribution in [0, 0.1) is 17.7 Å². The molecule has 0 bridgehead atoms. The average Bonchev–Trinajstić information content (AvgIpc) is 3.26. The van der Waals surface area contributed by atoms with Gasteiger partial charge in [0.1, 0.15) is 5.82 Å². The van der Waals surface area contributed by atoms with E-state index in [2.05, 4.69) is 5.32 Å². The van der Waals surface area contributed by atoms with Crippen LogP contribution >= 0.6 is 0 Å². The summed E-state index contributed by atoms with van der Waals surface area (Å²) in [5.74, 6) is -0.371. The van der Waals surface area contributed by atoms with Crippen LogP contribution in [0.2, 0.25) is 0 Å². The van der Waals surface area contributed by atoms with Gasteiger partial charge >= 0.3 is 0 Å². The number of halogens is 1. The number of hydrogen-bond acceptors (Lipinski definition) is 2. The van der Waals surface area contributed by atoms with Gasteiger partial charge in [-0.15, -0.1) is 0 Å². The lowest BCUT2D eigenvalue weighted by atomic mass is 9.94. The fraction of sp³-hybridized carbons (Fsp3) is 0.562. The summed E-state index contributed by atoms with van der Waals surface area (Å²) >= 11 is 0. The number of nitrogens with one attached hydrogen (secondary N) is 1. The van der Waals surface area contributed by atoms with E-state index in [1.165, 1.54) is 6.07 Å². The van der Waals surface area contributed by atoms with E-state index in [9.17, 15) is 14.3 Å². The van der Waals surface area contributed by atoms with Crippen molar-refractivity contribution in [3.63, 3.8) is 0 Å². The minimum atomic E-state index is -0.541. The summed E-state index contributed by atoms with van der Waals surface area (Å²) in [5, 5.41) is 12.4. The van der Waals surface area contributed by atoms with E-state index in [0.717, 1.165) is 12.8 Å². The maximum Gasteiger partial charge on any atom is 0.223 e. The zero-order chi connectivity index (χ0) is 14.8. The van der Waals surface area contributed by atoms with E-state index in [-0.39, 0.29) is 24.2 Å². The monoisotopic (exact) mass is 279 g/mol. The van der Waals surface area contributed by atoms with Crippen LogP contribution in [0.15, 0.2) is 24.3 Å². The molecule has 3 nitrogen and oxygen atoms in total. The smallest absolute Gasteiger partial charge is 0.223 e. The van der Waals surface area contributed by atoms with Crippen LogP contribution in [-0.4, -0.2) is 23.2 Å². The molecule has 0 saturated heterocycles. The van der Waals surface area contributed by atoms with Gasteiger partial charge in [-0.3, -0.25) is 4.79 Å². The number of aliphatic hydroxyl groups is 1. The van der Waals surface area contributed by atoms with Gasteiger partial charge in [-0.25, -0.2) is 4.39 Å². The largest absolute Gasteiger partial charge is 0.394 e. The van der Waals surface area contributed by atoms with Crippen LogP contribution in [0.5, 0.6) is 0 Å². The quantitative estimate of drug-likeness (QED) is 0.839. The zero-order valence-electron chi connectivity index (χ0n) is 12.0. The molecule has 1 aromatic rings. The van der Waals surface area contributed by atoms with Gasteiger partial charge in [0.05, 0.1) is 12.1 Å². The van der Waals surface area contributed by atoms with Crippen molar-refractivity contribution in [2.75, 3.05) is 6.61 Å². The van der Waals surface area contributed by atoms with Crippen LogP contribution in [0.1, 0.15) is 32.3 Å². The van der Waals surface area contributed by atoms with E-state index in [4.69, 9.17) is 0 Å². The first-order chi connectivity index (χ1) is 9.46. The summed E-state index contributed by atoms with van der Waals surface area (Å²) in [6.45, 7) is 3.60. The molecule has 1 amide bonds. The molecule has 1 fully saturated rings. The van der Waals surface area contributed by atoms with Crippen LogP contribution in [0.25, 0.3) is 0 Å². The molecule has 0 spiro atoms. The molecule has 0 aromatic heterocycles. The van der Waals surface area contributed by atoms with Gasteiger partial charge in [0, 0.05) is 5.92 Å². The van der Waals surface area contributed by atoms with Gasteiger partial charge in [0.25, 0.3) is 0 Å². The first kappa shape index (κ1) is 15.0. The number of rotatable bonds is 6. The molecule has 1 aromatic carbocycles. The summed E-state index contributed by atoms with van der Waals surface area (Å²) in [5.41, 5.74) is 0.00731. The van der Waals surface area contributed by atoms with Crippen LogP contribution in [0.4, 0.5) is 4.39 Å². The molecule has 1 aliphatic carbocycles. The lowest BCUT2D eigenvalue weighted by molar-refractivity contribution is -0.127. The Labute approximate surface area is 119 Å². The van der Waals surface area contributed by atoms with Crippen molar-refractivity contribution in [3.05, 3.63) is 35.6 Å². The van der Waals surface area contributed by atoms with E-state index < -0.39 is 5.54 Å². The standard InChI is InChI=1S/C16H22FNO2/c1-11(9-12-5-3-4-6-14(12)17)15(20)18-16(2,10-19)13-7-8-13/h3-6,11,13,19H,7-10H2,1-2H3,(H,18,20). The Morgan fingerprint density at radius 2 is 2.15 bits per heavy atom. The van der Waals surface area contributed by atoms with Crippen molar-refractivity contribution in [2.24, 2.45) is 11.8 Å². The van der Waals surface area contributed by atoms with Crippen molar-refractivity contribution in [1.82, 2.24) is 5.32 Å². The summed E-state index contributed by atoms with van der Waals surface area (Å²) in [6.07, 6.45) is 2.45. The Balaban J connectivity index is 1.97. The molecule has 1 aliphatic rings. The fourth-order valence-electron chi connectivity index (χ4n) is 2.48. The molecular formula is C16H22FNO2. The maximum atomic E-state index is 13.6. The third-order valence-electron chi connectivity index (χ3n) is 4.15. The number of carbonyl (C=O) groups excluding carboxylic acids is 1. The molecule has 0 heterocycles. The highest BCUT2D eigenvalue weighted by Gasteiger charge is 2.42. The number of hydrogen-bond donors (Lipinski definition) is 2. The van der Waals surface area contributed by atoms with Gasteiger partial charge in [-0.2, -0.15) is 0 Å². The van der Waals surface area contributed by atoms with Gasteiger partial charge in [-0.05, 0) is 43.7 Å². The fourth-order valence-corrected chi connectivity index (χ4v) is 2.48. The van der Waals surface area contributed by atoms with E-state index in [1.54, 1.807) is 25.1 Å². The second kappa shape index (κ2) is 5.92. The summed E-state index contributed by atoms with van der Waals surface area (Å²) in [7, 11) is 0. The van der Waals surface area contributed by atoms with Crippen molar-refractivity contribution in [3.8, 4) is 0 Å². The molecule has 20 heavy (non-hydrogen) atoms.